The molecular formula is C16H42N2O2Si3. The van der Waals surface area contributed by atoms with Crippen LogP contribution in [-0.4, -0.2) is 43.3 Å². The van der Waals surface area contributed by atoms with E-state index in [0.29, 0.717) is 0 Å². The summed E-state index contributed by atoms with van der Waals surface area (Å²) < 4.78 is 13.4. The Morgan fingerprint density at radius 1 is 0.870 bits per heavy atom. The van der Waals surface area contributed by atoms with Crippen molar-refractivity contribution in [3.05, 3.63) is 0 Å². The summed E-state index contributed by atoms with van der Waals surface area (Å²) in [6.07, 6.45) is 3.19. The molecule has 0 bridgehead atoms. The van der Waals surface area contributed by atoms with Crippen molar-refractivity contribution >= 4 is 25.0 Å². The first-order chi connectivity index (χ1) is 10.3. The molecule has 0 saturated heterocycles. The van der Waals surface area contributed by atoms with E-state index in [-0.39, 0.29) is 5.22 Å². The molecule has 0 aromatic heterocycles. The third-order valence-electron chi connectivity index (χ3n) is 5.09. The standard InChI is InChI=1S/C16H42N2O2Si3/c1-9-16(2,21(3,4)14-10-12-17)19-23(7,8)20-22(5,6)15-11-13-18/h9-15,17-18H2,1-8H3. The Hall–Kier alpha value is 0.491. The van der Waals surface area contributed by atoms with Crippen LogP contribution in [0.2, 0.25) is 51.4 Å². The Morgan fingerprint density at radius 3 is 1.78 bits per heavy atom. The first kappa shape index (κ1) is 23.5. The van der Waals surface area contributed by atoms with Gasteiger partial charge in [0.2, 0.25) is 0 Å². The first-order valence-corrected chi connectivity index (χ1v) is 18.3. The smallest absolute Gasteiger partial charge is 0.321 e. The zero-order chi connectivity index (χ0) is 18.4. The molecule has 0 amide bonds. The van der Waals surface area contributed by atoms with Crippen LogP contribution in [0.4, 0.5) is 0 Å². The lowest BCUT2D eigenvalue weighted by Gasteiger charge is -2.48. The zero-order valence-electron chi connectivity index (χ0n) is 16.9. The zero-order valence-corrected chi connectivity index (χ0v) is 19.9. The fourth-order valence-corrected chi connectivity index (χ4v) is 15.9. The third kappa shape index (κ3) is 7.94. The predicted molar refractivity (Wildman–Crippen MR) is 110 cm³/mol. The molecule has 7 heteroatoms. The van der Waals surface area contributed by atoms with Crippen molar-refractivity contribution < 1.29 is 8.54 Å². The maximum Gasteiger partial charge on any atom is 0.321 e. The molecule has 0 aliphatic rings. The molecular weight excluding hydrogens is 336 g/mol. The van der Waals surface area contributed by atoms with Gasteiger partial charge < -0.3 is 20.0 Å². The second-order valence-corrected chi connectivity index (χ2v) is 21.8. The molecule has 23 heavy (non-hydrogen) atoms. The summed E-state index contributed by atoms with van der Waals surface area (Å²) in [5, 5.41) is -0.0454. The van der Waals surface area contributed by atoms with E-state index in [0.717, 1.165) is 38.4 Å². The van der Waals surface area contributed by atoms with Gasteiger partial charge >= 0.3 is 8.56 Å². The second-order valence-electron chi connectivity index (χ2n) is 8.62. The number of hydrogen-bond donors (Lipinski definition) is 2. The number of rotatable bonds is 12. The molecule has 0 rings (SSSR count). The first-order valence-electron chi connectivity index (χ1n) is 9.15. The van der Waals surface area contributed by atoms with Crippen LogP contribution < -0.4 is 11.5 Å². The van der Waals surface area contributed by atoms with Crippen LogP contribution in [0, 0.1) is 0 Å². The number of nitrogens with two attached hydrogens (primary N) is 2. The summed E-state index contributed by atoms with van der Waals surface area (Å²) in [6.45, 7) is 20.0. The minimum Gasteiger partial charge on any atom is -0.436 e. The van der Waals surface area contributed by atoms with Gasteiger partial charge in [0.1, 0.15) is 0 Å². The molecule has 0 aromatic carbocycles. The lowest BCUT2D eigenvalue weighted by atomic mass is 10.3. The van der Waals surface area contributed by atoms with Gasteiger partial charge in [0.05, 0.1) is 8.07 Å². The molecule has 4 N–H and O–H groups in total. The highest BCUT2D eigenvalue weighted by Crippen LogP contribution is 2.36. The van der Waals surface area contributed by atoms with Crippen LogP contribution in [0.3, 0.4) is 0 Å². The van der Waals surface area contributed by atoms with Crippen molar-refractivity contribution in [3.63, 3.8) is 0 Å². The fourth-order valence-electron chi connectivity index (χ4n) is 3.30. The average molecular weight is 379 g/mol. The van der Waals surface area contributed by atoms with Crippen molar-refractivity contribution in [1.82, 2.24) is 0 Å². The van der Waals surface area contributed by atoms with Gasteiger partial charge in [-0.15, -0.1) is 0 Å². The molecule has 0 spiro atoms. The monoisotopic (exact) mass is 378 g/mol. The van der Waals surface area contributed by atoms with Gasteiger partial charge in [0.15, 0.2) is 8.32 Å². The molecule has 0 aliphatic heterocycles. The van der Waals surface area contributed by atoms with Gasteiger partial charge in [-0.2, -0.15) is 0 Å². The molecule has 0 fully saturated rings. The minimum atomic E-state index is -2.17. The van der Waals surface area contributed by atoms with Crippen LogP contribution >= 0.6 is 0 Å². The van der Waals surface area contributed by atoms with E-state index in [4.69, 9.17) is 20.0 Å². The van der Waals surface area contributed by atoms with Crippen LogP contribution in [0.5, 0.6) is 0 Å². The molecule has 0 radical (unpaired) electrons. The molecule has 0 saturated carbocycles. The Kier molecular flexibility index (Phi) is 9.46. The van der Waals surface area contributed by atoms with Crippen LogP contribution in [0.1, 0.15) is 33.1 Å². The van der Waals surface area contributed by atoms with Gasteiger partial charge in [0, 0.05) is 5.22 Å². The summed E-state index contributed by atoms with van der Waals surface area (Å²) in [5.41, 5.74) is 11.4. The molecule has 0 aromatic rings. The van der Waals surface area contributed by atoms with E-state index >= 15 is 0 Å². The van der Waals surface area contributed by atoms with Crippen molar-refractivity contribution in [2.45, 2.75) is 89.7 Å². The molecule has 1 unspecified atom stereocenters. The van der Waals surface area contributed by atoms with E-state index in [9.17, 15) is 0 Å². The molecule has 0 heterocycles. The van der Waals surface area contributed by atoms with Crippen LogP contribution in [0.25, 0.3) is 0 Å². The third-order valence-corrected chi connectivity index (χ3v) is 16.9. The summed E-state index contributed by atoms with van der Waals surface area (Å²) in [5.74, 6) is 0. The maximum absolute atomic E-state index is 6.79. The van der Waals surface area contributed by atoms with Gasteiger partial charge in [0.25, 0.3) is 0 Å². The molecule has 1 atom stereocenters. The lowest BCUT2D eigenvalue weighted by Crippen LogP contribution is -2.60. The predicted octanol–water partition coefficient (Wildman–Crippen LogP) is 4.04. The summed E-state index contributed by atoms with van der Waals surface area (Å²) in [6, 6.07) is 2.33. The highest BCUT2D eigenvalue weighted by molar-refractivity contribution is 6.84. The Bertz CT molecular complexity index is 352. The second kappa shape index (κ2) is 9.26. The quantitative estimate of drug-likeness (QED) is 0.503. The van der Waals surface area contributed by atoms with Crippen LogP contribution in [-0.2, 0) is 8.54 Å². The summed E-state index contributed by atoms with van der Waals surface area (Å²) >= 11 is 0. The highest BCUT2D eigenvalue weighted by atomic mass is 28.4. The van der Waals surface area contributed by atoms with E-state index in [1.807, 2.05) is 0 Å². The summed E-state index contributed by atoms with van der Waals surface area (Å²) in [4.78, 5) is 0. The minimum absolute atomic E-state index is 0.0454. The van der Waals surface area contributed by atoms with Gasteiger partial charge in [-0.25, -0.2) is 0 Å². The van der Waals surface area contributed by atoms with E-state index in [1.54, 1.807) is 0 Å². The fraction of sp³-hybridized carbons (Fsp3) is 1.00. The molecule has 4 nitrogen and oxygen atoms in total. The van der Waals surface area contributed by atoms with E-state index < -0.39 is 25.0 Å². The maximum atomic E-state index is 6.79. The van der Waals surface area contributed by atoms with Gasteiger partial charge in [-0.1, -0.05) is 26.1 Å². The van der Waals surface area contributed by atoms with Crippen LogP contribution in [0.15, 0.2) is 0 Å². The van der Waals surface area contributed by atoms with E-state index in [1.165, 1.54) is 6.04 Å². The lowest BCUT2D eigenvalue weighted by molar-refractivity contribution is 0.117. The van der Waals surface area contributed by atoms with Crippen molar-refractivity contribution in [2.24, 2.45) is 11.5 Å². The Labute approximate surface area is 148 Å². The van der Waals surface area contributed by atoms with Crippen molar-refractivity contribution in [2.75, 3.05) is 13.1 Å². The van der Waals surface area contributed by atoms with E-state index in [2.05, 4.69) is 53.1 Å². The summed E-state index contributed by atoms with van der Waals surface area (Å²) in [7, 11) is -5.41. The van der Waals surface area contributed by atoms with Crippen molar-refractivity contribution in [1.29, 1.82) is 0 Å². The SMILES string of the molecule is CCC(C)(O[Si](C)(C)O[Si](C)(C)CCCN)[Si](C)(C)CCCN. The Morgan fingerprint density at radius 2 is 1.35 bits per heavy atom. The molecule has 0 aliphatic carbocycles. The van der Waals surface area contributed by atoms with Gasteiger partial charge in [-0.3, -0.25) is 0 Å². The van der Waals surface area contributed by atoms with Gasteiger partial charge in [-0.05, 0) is 71.5 Å². The van der Waals surface area contributed by atoms with Crippen molar-refractivity contribution in [3.8, 4) is 0 Å². The normalized spacial score (nSPS) is 16.4. The molecule has 140 valence electrons. The number of hydrogen-bond acceptors (Lipinski definition) is 4. The average Bonchev–Trinajstić information content (AvgIpc) is 2.40. The Balaban J connectivity index is 5.06. The highest BCUT2D eigenvalue weighted by Gasteiger charge is 2.47. The topological polar surface area (TPSA) is 70.5 Å². The largest absolute Gasteiger partial charge is 0.436 e.